The van der Waals surface area contributed by atoms with Gasteiger partial charge in [-0.15, -0.1) is 0 Å². The summed E-state index contributed by atoms with van der Waals surface area (Å²) in [6.45, 7) is 6.76. The van der Waals surface area contributed by atoms with Crippen LogP contribution in [0.5, 0.6) is 0 Å². The number of carbonyl (C=O) groups is 1. The first-order chi connectivity index (χ1) is 8.13. The first kappa shape index (κ1) is 12.5. The number of nitrogens with one attached hydrogen (secondary N) is 1. The molecule has 1 amide bonds. The van der Waals surface area contributed by atoms with Crippen molar-refractivity contribution in [3.05, 3.63) is 11.4 Å². The van der Waals surface area contributed by atoms with Gasteiger partial charge in [-0.2, -0.15) is 0 Å². The molecule has 1 fully saturated rings. The van der Waals surface area contributed by atoms with Crippen molar-refractivity contribution in [3.8, 4) is 0 Å². The third kappa shape index (κ3) is 2.83. The molecule has 0 bridgehead atoms. The minimum atomic E-state index is 0.0816. The summed E-state index contributed by atoms with van der Waals surface area (Å²) in [5, 5.41) is 3.80. The molecular formula is C12H19N3OS. The first-order valence-corrected chi connectivity index (χ1v) is 7.07. The van der Waals surface area contributed by atoms with Gasteiger partial charge in [-0.1, -0.05) is 11.8 Å². The van der Waals surface area contributed by atoms with E-state index in [9.17, 15) is 4.79 Å². The standard InChI is InChI=1S/C12H19N3OS/c1-4-13-11(16)7-17-12-14-8(2)9(3)15(12)10-5-6-10/h10H,4-7H2,1-3H3,(H,13,16). The lowest BCUT2D eigenvalue weighted by molar-refractivity contribution is -0.118. The van der Waals surface area contributed by atoms with Crippen molar-refractivity contribution in [1.29, 1.82) is 0 Å². The summed E-state index contributed by atoms with van der Waals surface area (Å²) < 4.78 is 2.29. The number of hydrogen-bond donors (Lipinski definition) is 1. The van der Waals surface area contributed by atoms with Gasteiger partial charge in [0.1, 0.15) is 0 Å². The number of thioether (sulfide) groups is 1. The molecule has 0 spiro atoms. The molecule has 17 heavy (non-hydrogen) atoms. The zero-order valence-electron chi connectivity index (χ0n) is 10.6. The Morgan fingerprint density at radius 1 is 1.53 bits per heavy atom. The Kier molecular flexibility index (Phi) is 3.76. The van der Waals surface area contributed by atoms with Gasteiger partial charge in [0.05, 0.1) is 11.4 Å². The lowest BCUT2D eigenvalue weighted by Gasteiger charge is -2.07. The van der Waals surface area contributed by atoms with E-state index < -0.39 is 0 Å². The van der Waals surface area contributed by atoms with Crippen molar-refractivity contribution in [3.63, 3.8) is 0 Å². The third-order valence-electron chi connectivity index (χ3n) is 2.97. The average Bonchev–Trinajstić information content (AvgIpc) is 3.06. The van der Waals surface area contributed by atoms with Crippen LogP contribution >= 0.6 is 11.8 Å². The highest BCUT2D eigenvalue weighted by Crippen LogP contribution is 2.39. The minimum Gasteiger partial charge on any atom is -0.356 e. The van der Waals surface area contributed by atoms with Gasteiger partial charge in [-0.25, -0.2) is 4.98 Å². The predicted molar refractivity (Wildman–Crippen MR) is 69.4 cm³/mol. The van der Waals surface area contributed by atoms with Crippen LogP contribution in [0.25, 0.3) is 0 Å². The Morgan fingerprint density at radius 3 is 2.82 bits per heavy atom. The van der Waals surface area contributed by atoms with Gasteiger partial charge in [0, 0.05) is 18.3 Å². The summed E-state index contributed by atoms with van der Waals surface area (Å²) in [4.78, 5) is 16.0. The fourth-order valence-electron chi connectivity index (χ4n) is 1.84. The summed E-state index contributed by atoms with van der Waals surface area (Å²) in [5.41, 5.74) is 2.32. The Labute approximate surface area is 106 Å². The molecule has 1 aliphatic rings. The molecule has 1 heterocycles. The maximum atomic E-state index is 11.4. The van der Waals surface area contributed by atoms with Gasteiger partial charge in [0.15, 0.2) is 5.16 Å². The van der Waals surface area contributed by atoms with E-state index in [1.54, 1.807) is 0 Å². The zero-order chi connectivity index (χ0) is 12.4. The van der Waals surface area contributed by atoms with E-state index in [2.05, 4.69) is 21.8 Å². The van der Waals surface area contributed by atoms with Crippen LogP contribution < -0.4 is 5.32 Å². The van der Waals surface area contributed by atoms with Crippen molar-refractivity contribution in [1.82, 2.24) is 14.9 Å². The van der Waals surface area contributed by atoms with Crippen molar-refractivity contribution in [2.75, 3.05) is 12.3 Å². The normalized spacial score (nSPS) is 15.0. The number of nitrogens with zero attached hydrogens (tertiary/aromatic N) is 2. The van der Waals surface area contributed by atoms with E-state index in [1.807, 2.05) is 13.8 Å². The molecule has 0 atom stereocenters. The second-order valence-corrected chi connectivity index (χ2v) is 5.35. The zero-order valence-corrected chi connectivity index (χ0v) is 11.4. The molecule has 0 aromatic carbocycles. The molecule has 0 aliphatic heterocycles. The van der Waals surface area contributed by atoms with E-state index in [-0.39, 0.29) is 5.91 Å². The van der Waals surface area contributed by atoms with Crippen LogP contribution in [0, 0.1) is 13.8 Å². The minimum absolute atomic E-state index is 0.0816. The first-order valence-electron chi connectivity index (χ1n) is 6.08. The molecule has 0 saturated heterocycles. The number of hydrogen-bond acceptors (Lipinski definition) is 3. The van der Waals surface area contributed by atoms with Crippen LogP contribution in [0.1, 0.15) is 37.2 Å². The second-order valence-electron chi connectivity index (χ2n) is 4.41. The molecule has 1 aromatic heterocycles. The van der Waals surface area contributed by atoms with E-state index in [1.165, 1.54) is 30.3 Å². The van der Waals surface area contributed by atoms with Crippen molar-refractivity contribution in [2.45, 2.75) is 44.8 Å². The quantitative estimate of drug-likeness (QED) is 0.817. The molecule has 94 valence electrons. The number of amides is 1. The van der Waals surface area contributed by atoms with Crippen LogP contribution in [0.3, 0.4) is 0 Å². The van der Waals surface area contributed by atoms with Gasteiger partial charge in [-0.05, 0) is 33.6 Å². The van der Waals surface area contributed by atoms with E-state index >= 15 is 0 Å². The molecule has 1 N–H and O–H groups in total. The molecule has 0 radical (unpaired) electrons. The third-order valence-corrected chi connectivity index (χ3v) is 3.93. The van der Waals surface area contributed by atoms with E-state index in [0.717, 1.165) is 10.9 Å². The molecule has 1 saturated carbocycles. The van der Waals surface area contributed by atoms with Gasteiger partial charge >= 0.3 is 0 Å². The maximum Gasteiger partial charge on any atom is 0.230 e. The Bertz CT molecular complexity index is 424. The summed E-state index contributed by atoms with van der Waals surface area (Å²) in [7, 11) is 0. The van der Waals surface area contributed by atoms with Gasteiger partial charge in [0.2, 0.25) is 5.91 Å². The Balaban J connectivity index is 2.05. The number of aryl methyl sites for hydroxylation is 1. The van der Waals surface area contributed by atoms with Crippen molar-refractivity contribution in [2.24, 2.45) is 0 Å². The monoisotopic (exact) mass is 253 g/mol. The topological polar surface area (TPSA) is 46.9 Å². The van der Waals surface area contributed by atoms with Crippen LogP contribution in [-0.2, 0) is 4.79 Å². The Morgan fingerprint density at radius 2 is 2.24 bits per heavy atom. The lowest BCUT2D eigenvalue weighted by Crippen LogP contribution is -2.24. The predicted octanol–water partition coefficient (Wildman–Crippen LogP) is 2.06. The summed E-state index contributed by atoms with van der Waals surface area (Å²) in [6.07, 6.45) is 2.48. The molecule has 5 heteroatoms. The smallest absolute Gasteiger partial charge is 0.230 e. The molecular weight excluding hydrogens is 234 g/mol. The molecule has 2 rings (SSSR count). The largest absolute Gasteiger partial charge is 0.356 e. The van der Waals surface area contributed by atoms with Crippen LogP contribution in [0.15, 0.2) is 5.16 Å². The second kappa shape index (κ2) is 5.12. The lowest BCUT2D eigenvalue weighted by atomic mass is 10.4. The van der Waals surface area contributed by atoms with Crippen LogP contribution in [0.4, 0.5) is 0 Å². The molecule has 1 aliphatic carbocycles. The number of rotatable bonds is 5. The number of imidazole rings is 1. The van der Waals surface area contributed by atoms with E-state index in [0.29, 0.717) is 18.3 Å². The van der Waals surface area contributed by atoms with Gasteiger partial charge in [-0.3, -0.25) is 4.79 Å². The summed E-state index contributed by atoms with van der Waals surface area (Å²) >= 11 is 1.54. The van der Waals surface area contributed by atoms with Crippen molar-refractivity contribution >= 4 is 17.7 Å². The summed E-state index contributed by atoms with van der Waals surface area (Å²) in [6, 6.07) is 0.618. The molecule has 0 unspecified atom stereocenters. The van der Waals surface area contributed by atoms with Crippen LogP contribution in [-0.4, -0.2) is 27.8 Å². The van der Waals surface area contributed by atoms with Crippen LogP contribution in [0.2, 0.25) is 0 Å². The molecule has 4 nitrogen and oxygen atoms in total. The Hall–Kier alpha value is -0.970. The highest BCUT2D eigenvalue weighted by atomic mass is 32.2. The molecule has 1 aromatic rings. The number of aromatic nitrogens is 2. The van der Waals surface area contributed by atoms with Gasteiger partial charge in [0.25, 0.3) is 0 Å². The van der Waals surface area contributed by atoms with Gasteiger partial charge < -0.3 is 9.88 Å². The fraction of sp³-hybridized carbons (Fsp3) is 0.667. The average molecular weight is 253 g/mol. The highest BCUT2D eigenvalue weighted by molar-refractivity contribution is 7.99. The van der Waals surface area contributed by atoms with Crippen molar-refractivity contribution < 1.29 is 4.79 Å². The SMILES string of the molecule is CCNC(=O)CSc1nc(C)c(C)n1C1CC1. The van der Waals surface area contributed by atoms with E-state index in [4.69, 9.17) is 0 Å². The highest BCUT2D eigenvalue weighted by Gasteiger charge is 2.28. The number of carbonyl (C=O) groups excluding carboxylic acids is 1. The fourth-order valence-corrected chi connectivity index (χ4v) is 2.83. The summed E-state index contributed by atoms with van der Waals surface area (Å²) in [5.74, 6) is 0.536. The maximum absolute atomic E-state index is 11.4.